The Morgan fingerprint density at radius 3 is 2.37 bits per heavy atom. The molecule has 110 valence electrons. The molecule has 0 aromatic carbocycles. The van der Waals surface area contributed by atoms with Crippen LogP contribution in [0, 0.1) is 0 Å². The van der Waals surface area contributed by atoms with Gasteiger partial charge in [0.1, 0.15) is 18.3 Å². The van der Waals surface area contributed by atoms with Gasteiger partial charge in [-0.1, -0.05) is 0 Å². The second-order valence-electron chi connectivity index (χ2n) is 3.75. The predicted molar refractivity (Wildman–Crippen MR) is 61.6 cm³/mol. The molecule has 1 aliphatic rings. The molecule has 0 saturated carbocycles. The van der Waals surface area contributed by atoms with E-state index < -0.39 is 42.4 Å². The average molecular weight is 280 g/mol. The highest BCUT2D eigenvalue weighted by molar-refractivity contribution is 4.92. The summed E-state index contributed by atoms with van der Waals surface area (Å²) in [7, 11) is 0. The van der Waals surface area contributed by atoms with E-state index in [0.717, 1.165) is 16.8 Å². The van der Waals surface area contributed by atoms with Crippen molar-refractivity contribution < 1.29 is 31.0 Å². The number of aromatic amines is 1. The van der Waals surface area contributed by atoms with E-state index in [1.165, 1.54) is 0 Å². The lowest BCUT2D eigenvalue weighted by molar-refractivity contribution is -0.0550. The lowest BCUT2D eigenvalue weighted by Gasteiger charge is -2.16. The standard InChI is InChI=1S/C9H12N2O6.2H2O/c12-3-4-6(14)7(15)8(17-4)11-2-1-5(13)10-9(11)16;;/h1-2,4,6-8,12,14-15H,3H2,(H,10,13,16);2*1H2/t4-,6-,7-,8-;;/m1../s1. The van der Waals surface area contributed by atoms with Crippen LogP contribution in [0.2, 0.25) is 0 Å². The molecule has 0 amide bonds. The molecule has 0 aliphatic carbocycles. The molecule has 2 heterocycles. The molecule has 0 spiro atoms. The van der Waals surface area contributed by atoms with Crippen LogP contribution in [-0.4, -0.2) is 60.7 Å². The Kier molecular flexibility index (Phi) is 6.02. The van der Waals surface area contributed by atoms with Crippen LogP contribution in [0.5, 0.6) is 0 Å². The van der Waals surface area contributed by atoms with Crippen LogP contribution >= 0.6 is 0 Å². The summed E-state index contributed by atoms with van der Waals surface area (Å²) in [5.41, 5.74) is -1.33. The minimum Gasteiger partial charge on any atom is -0.412 e. The molecule has 1 fully saturated rings. The number of H-pyrrole nitrogens is 1. The molecule has 2 rings (SSSR count). The van der Waals surface area contributed by atoms with Crippen molar-refractivity contribution in [3.05, 3.63) is 33.1 Å². The summed E-state index contributed by atoms with van der Waals surface area (Å²) in [5, 5.41) is 28.1. The van der Waals surface area contributed by atoms with Gasteiger partial charge in [-0.05, 0) is 0 Å². The van der Waals surface area contributed by atoms with Crippen LogP contribution in [0.15, 0.2) is 21.9 Å². The number of aliphatic hydroxyl groups is 3. The molecule has 8 N–H and O–H groups in total. The summed E-state index contributed by atoms with van der Waals surface area (Å²) in [6, 6.07) is 1.09. The van der Waals surface area contributed by atoms with E-state index in [1.54, 1.807) is 0 Å². The third-order valence-electron chi connectivity index (χ3n) is 2.64. The van der Waals surface area contributed by atoms with E-state index in [2.05, 4.69) is 0 Å². The van der Waals surface area contributed by atoms with Gasteiger partial charge in [0.25, 0.3) is 5.56 Å². The van der Waals surface area contributed by atoms with Crippen LogP contribution in [-0.2, 0) is 4.74 Å². The van der Waals surface area contributed by atoms with Crippen LogP contribution in [0.25, 0.3) is 0 Å². The maximum absolute atomic E-state index is 11.4. The first-order valence-corrected chi connectivity index (χ1v) is 4.98. The topological polar surface area (TPSA) is 188 Å². The minimum absolute atomic E-state index is 0. The Balaban J connectivity index is 0.00000162. The maximum Gasteiger partial charge on any atom is 0.330 e. The van der Waals surface area contributed by atoms with Gasteiger partial charge in [-0.3, -0.25) is 14.3 Å². The van der Waals surface area contributed by atoms with Gasteiger partial charge in [-0.2, -0.15) is 0 Å². The van der Waals surface area contributed by atoms with Gasteiger partial charge in [0.15, 0.2) is 6.23 Å². The summed E-state index contributed by atoms with van der Waals surface area (Å²) in [6.45, 7) is -0.479. The Labute approximate surface area is 106 Å². The molecule has 10 heteroatoms. The Hall–Kier alpha value is -1.56. The highest BCUT2D eigenvalue weighted by Gasteiger charge is 2.43. The van der Waals surface area contributed by atoms with E-state index in [4.69, 9.17) is 9.84 Å². The van der Waals surface area contributed by atoms with E-state index in [9.17, 15) is 19.8 Å². The monoisotopic (exact) mass is 280 g/mol. The lowest BCUT2D eigenvalue weighted by atomic mass is 10.1. The molecule has 1 aromatic heterocycles. The highest BCUT2D eigenvalue weighted by Crippen LogP contribution is 2.27. The normalized spacial score (nSPS) is 29.4. The van der Waals surface area contributed by atoms with Gasteiger partial charge in [0.05, 0.1) is 6.61 Å². The molecular weight excluding hydrogens is 264 g/mol. The van der Waals surface area contributed by atoms with Gasteiger partial charge in [0.2, 0.25) is 0 Å². The second-order valence-corrected chi connectivity index (χ2v) is 3.75. The Morgan fingerprint density at radius 1 is 1.26 bits per heavy atom. The predicted octanol–water partition coefficient (Wildman–Crippen LogP) is -4.50. The molecular formula is C9H16N2O8. The molecule has 0 bridgehead atoms. The molecule has 4 atom stereocenters. The van der Waals surface area contributed by atoms with Crippen molar-refractivity contribution in [1.82, 2.24) is 9.55 Å². The van der Waals surface area contributed by atoms with Crippen molar-refractivity contribution in [2.75, 3.05) is 6.61 Å². The molecule has 0 unspecified atom stereocenters. The van der Waals surface area contributed by atoms with E-state index in [-0.39, 0.29) is 11.0 Å². The summed E-state index contributed by atoms with van der Waals surface area (Å²) >= 11 is 0. The van der Waals surface area contributed by atoms with Crippen LogP contribution in [0.3, 0.4) is 0 Å². The molecule has 1 aromatic rings. The molecule has 1 saturated heterocycles. The van der Waals surface area contributed by atoms with Gasteiger partial charge in [0, 0.05) is 12.3 Å². The summed E-state index contributed by atoms with van der Waals surface area (Å²) in [5.74, 6) is 0. The first-order valence-electron chi connectivity index (χ1n) is 4.98. The maximum atomic E-state index is 11.4. The highest BCUT2D eigenvalue weighted by atomic mass is 16.6. The number of nitrogens with zero attached hydrogens (tertiary/aromatic N) is 1. The molecule has 0 radical (unpaired) electrons. The number of nitrogens with one attached hydrogen (secondary N) is 1. The quantitative estimate of drug-likeness (QED) is 0.422. The Bertz CT molecular complexity index is 511. The van der Waals surface area contributed by atoms with Crippen LogP contribution in [0.1, 0.15) is 6.23 Å². The molecule has 10 nitrogen and oxygen atoms in total. The fourth-order valence-corrected chi connectivity index (χ4v) is 1.74. The zero-order valence-electron chi connectivity index (χ0n) is 9.68. The van der Waals surface area contributed by atoms with E-state index in [1.807, 2.05) is 4.98 Å². The summed E-state index contributed by atoms with van der Waals surface area (Å²) in [4.78, 5) is 24.3. The number of hydrogen-bond donors (Lipinski definition) is 4. The van der Waals surface area contributed by atoms with E-state index >= 15 is 0 Å². The van der Waals surface area contributed by atoms with Gasteiger partial charge >= 0.3 is 5.69 Å². The van der Waals surface area contributed by atoms with Gasteiger partial charge < -0.3 is 31.0 Å². The number of aromatic nitrogens is 2. The average Bonchev–Trinajstić information content (AvgIpc) is 2.57. The molecule has 1 aliphatic heterocycles. The number of ether oxygens (including phenoxy) is 1. The van der Waals surface area contributed by atoms with Gasteiger partial charge in [-0.25, -0.2) is 4.79 Å². The SMILES string of the molecule is O.O.O=c1ccn([C@@H]2O[C@H](CO)[C@@H](O)[C@H]2O)c(=O)[nH]1. The third kappa shape index (κ3) is 3.07. The number of hydrogen-bond acceptors (Lipinski definition) is 6. The smallest absolute Gasteiger partial charge is 0.330 e. The summed E-state index contributed by atoms with van der Waals surface area (Å²) in [6.07, 6.45) is -3.58. The van der Waals surface area contributed by atoms with Crippen molar-refractivity contribution in [3.8, 4) is 0 Å². The zero-order valence-corrected chi connectivity index (χ0v) is 9.68. The largest absolute Gasteiger partial charge is 0.412 e. The first kappa shape index (κ1) is 17.4. The van der Waals surface area contributed by atoms with Crippen LogP contribution in [0.4, 0.5) is 0 Å². The lowest BCUT2D eigenvalue weighted by Crippen LogP contribution is -2.37. The second kappa shape index (κ2) is 6.56. The van der Waals surface area contributed by atoms with Crippen molar-refractivity contribution in [2.24, 2.45) is 0 Å². The van der Waals surface area contributed by atoms with Gasteiger partial charge in [-0.15, -0.1) is 0 Å². The number of aliphatic hydroxyl groups excluding tert-OH is 3. The van der Waals surface area contributed by atoms with Crippen molar-refractivity contribution in [2.45, 2.75) is 24.5 Å². The first-order chi connectivity index (χ1) is 8.04. The van der Waals surface area contributed by atoms with Crippen LogP contribution < -0.4 is 11.2 Å². The van der Waals surface area contributed by atoms with Crippen molar-refractivity contribution >= 4 is 0 Å². The third-order valence-corrected chi connectivity index (χ3v) is 2.64. The zero-order chi connectivity index (χ0) is 12.6. The minimum atomic E-state index is -1.35. The fraction of sp³-hybridized carbons (Fsp3) is 0.556. The Morgan fingerprint density at radius 2 is 1.89 bits per heavy atom. The van der Waals surface area contributed by atoms with E-state index in [0.29, 0.717) is 0 Å². The van der Waals surface area contributed by atoms with Crippen molar-refractivity contribution in [3.63, 3.8) is 0 Å². The van der Waals surface area contributed by atoms with Crippen molar-refractivity contribution in [1.29, 1.82) is 0 Å². The fourth-order valence-electron chi connectivity index (χ4n) is 1.74. The number of rotatable bonds is 2. The summed E-state index contributed by atoms with van der Waals surface area (Å²) < 4.78 is 6.08. The molecule has 19 heavy (non-hydrogen) atoms.